The van der Waals surface area contributed by atoms with Crippen molar-refractivity contribution in [1.29, 1.82) is 0 Å². The Balaban J connectivity index is 1.86. The van der Waals surface area contributed by atoms with E-state index in [0.717, 1.165) is 11.6 Å². The molecule has 3 heteroatoms. The molecular weight excluding hydrogens is 198 g/mol. The van der Waals surface area contributed by atoms with Crippen molar-refractivity contribution >= 4 is 5.82 Å². The fourth-order valence-electron chi connectivity index (χ4n) is 3.15. The molecule has 3 nitrogen and oxygen atoms in total. The predicted octanol–water partition coefficient (Wildman–Crippen LogP) is 1.53. The van der Waals surface area contributed by atoms with Crippen LogP contribution in [0.15, 0.2) is 18.2 Å². The summed E-state index contributed by atoms with van der Waals surface area (Å²) in [7, 11) is 2.22. The van der Waals surface area contributed by atoms with Gasteiger partial charge >= 0.3 is 0 Å². The summed E-state index contributed by atoms with van der Waals surface area (Å²) in [6.45, 7) is 5.70. The Hall–Kier alpha value is -1.09. The van der Waals surface area contributed by atoms with Crippen LogP contribution in [0.2, 0.25) is 0 Å². The molecule has 0 aliphatic carbocycles. The van der Waals surface area contributed by atoms with E-state index < -0.39 is 0 Å². The van der Waals surface area contributed by atoms with Crippen molar-refractivity contribution in [2.24, 2.45) is 5.92 Å². The standard InChI is InChI=1S/C13H19N3/c1-10-4-3-5-13(14-10)16-7-6-11-8-15(2)9-12(11)16/h3-5,11-12H,6-9H2,1-2H3/t11-,12+/m0/s1. The Morgan fingerprint density at radius 2 is 2.19 bits per heavy atom. The maximum Gasteiger partial charge on any atom is 0.129 e. The van der Waals surface area contributed by atoms with Crippen LogP contribution in [-0.2, 0) is 0 Å². The molecule has 2 saturated heterocycles. The van der Waals surface area contributed by atoms with Crippen molar-refractivity contribution in [3.8, 4) is 0 Å². The Labute approximate surface area is 97.1 Å². The van der Waals surface area contributed by atoms with Gasteiger partial charge in [-0.1, -0.05) is 6.07 Å². The number of likely N-dealkylation sites (N-methyl/N-ethyl adjacent to an activating group) is 1. The fraction of sp³-hybridized carbons (Fsp3) is 0.615. The van der Waals surface area contributed by atoms with Crippen molar-refractivity contribution in [3.63, 3.8) is 0 Å². The van der Waals surface area contributed by atoms with E-state index in [4.69, 9.17) is 0 Å². The van der Waals surface area contributed by atoms with Gasteiger partial charge in [0.05, 0.1) is 0 Å². The van der Waals surface area contributed by atoms with Crippen LogP contribution >= 0.6 is 0 Å². The van der Waals surface area contributed by atoms with Crippen molar-refractivity contribution in [3.05, 3.63) is 23.9 Å². The third-order valence-electron chi connectivity index (χ3n) is 3.90. The van der Waals surface area contributed by atoms with Crippen LogP contribution in [-0.4, -0.2) is 42.6 Å². The van der Waals surface area contributed by atoms with Gasteiger partial charge in [-0.3, -0.25) is 0 Å². The number of anilines is 1. The lowest BCUT2D eigenvalue weighted by Crippen LogP contribution is -2.35. The van der Waals surface area contributed by atoms with Gasteiger partial charge in [0.2, 0.25) is 0 Å². The Bertz CT molecular complexity index is 391. The van der Waals surface area contributed by atoms with Gasteiger partial charge in [0.1, 0.15) is 5.82 Å². The molecule has 0 aromatic carbocycles. The molecule has 0 unspecified atom stereocenters. The summed E-state index contributed by atoms with van der Waals surface area (Å²) in [4.78, 5) is 9.59. The second kappa shape index (κ2) is 3.74. The lowest BCUT2D eigenvalue weighted by atomic mass is 10.1. The van der Waals surface area contributed by atoms with E-state index in [1.54, 1.807) is 0 Å². The highest BCUT2D eigenvalue weighted by molar-refractivity contribution is 5.43. The van der Waals surface area contributed by atoms with Gasteiger partial charge in [-0.2, -0.15) is 0 Å². The average Bonchev–Trinajstić information content (AvgIpc) is 2.76. The monoisotopic (exact) mass is 217 g/mol. The first-order valence-corrected chi connectivity index (χ1v) is 6.13. The minimum absolute atomic E-state index is 0.694. The quantitative estimate of drug-likeness (QED) is 0.711. The van der Waals surface area contributed by atoms with Gasteiger partial charge in [0.25, 0.3) is 0 Å². The van der Waals surface area contributed by atoms with Crippen molar-refractivity contribution in [2.75, 3.05) is 31.6 Å². The van der Waals surface area contributed by atoms with E-state index in [0.29, 0.717) is 6.04 Å². The maximum atomic E-state index is 4.65. The number of aromatic nitrogens is 1. The molecule has 0 saturated carbocycles. The summed E-state index contributed by atoms with van der Waals surface area (Å²) in [5.41, 5.74) is 1.12. The van der Waals surface area contributed by atoms with Crippen molar-refractivity contribution in [1.82, 2.24) is 9.88 Å². The van der Waals surface area contributed by atoms with Gasteiger partial charge in [-0.15, -0.1) is 0 Å². The molecule has 16 heavy (non-hydrogen) atoms. The van der Waals surface area contributed by atoms with Crippen LogP contribution in [0.4, 0.5) is 5.82 Å². The number of hydrogen-bond acceptors (Lipinski definition) is 3. The zero-order valence-corrected chi connectivity index (χ0v) is 10.1. The van der Waals surface area contributed by atoms with Gasteiger partial charge in [0, 0.05) is 31.4 Å². The van der Waals surface area contributed by atoms with E-state index in [1.165, 1.54) is 31.9 Å². The zero-order chi connectivity index (χ0) is 11.1. The molecular formula is C13H19N3. The molecule has 1 aromatic heterocycles. The molecule has 3 rings (SSSR count). The minimum atomic E-state index is 0.694. The van der Waals surface area contributed by atoms with Crippen molar-refractivity contribution in [2.45, 2.75) is 19.4 Å². The number of pyridine rings is 1. The summed E-state index contributed by atoms with van der Waals surface area (Å²) in [6, 6.07) is 7.02. The maximum absolute atomic E-state index is 4.65. The lowest BCUT2D eigenvalue weighted by molar-refractivity contribution is 0.386. The van der Waals surface area contributed by atoms with E-state index >= 15 is 0 Å². The smallest absolute Gasteiger partial charge is 0.129 e. The zero-order valence-electron chi connectivity index (χ0n) is 10.1. The normalized spacial score (nSPS) is 29.8. The third-order valence-corrected chi connectivity index (χ3v) is 3.90. The molecule has 0 spiro atoms. The summed E-state index contributed by atoms with van der Waals surface area (Å²) >= 11 is 0. The number of nitrogens with zero attached hydrogens (tertiary/aromatic N) is 3. The first-order valence-electron chi connectivity index (χ1n) is 6.13. The second-order valence-corrected chi connectivity index (χ2v) is 5.17. The van der Waals surface area contributed by atoms with Crippen LogP contribution in [0.25, 0.3) is 0 Å². The highest BCUT2D eigenvalue weighted by atomic mass is 15.3. The molecule has 0 N–H and O–H groups in total. The number of likely N-dealkylation sites (tertiary alicyclic amines) is 1. The number of fused-ring (bicyclic) bond motifs is 1. The Morgan fingerprint density at radius 3 is 3.00 bits per heavy atom. The highest BCUT2D eigenvalue weighted by Gasteiger charge is 2.40. The molecule has 0 amide bonds. The molecule has 0 radical (unpaired) electrons. The van der Waals surface area contributed by atoms with Gasteiger partial charge < -0.3 is 9.80 Å². The third kappa shape index (κ3) is 1.59. The summed E-state index contributed by atoms with van der Waals surface area (Å²) in [5.74, 6) is 2.02. The lowest BCUT2D eigenvalue weighted by Gasteiger charge is -2.25. The van der Waals surface area contributed by atoms with Crippen molar-refractivity contribution < 1.29 is 0 Å². The van der Waals surface area contributed by atoms with Crippen LogP contribution < -0.4 is 4.90 Å². The van der Waals surface area contributed by atoms with Gasteiger partial charge in [-0.25, -0.2) is 4.98 Å². The van der Waals surface area contributed by atoms with Gasteiger partial charge in [0.15, 0.2) is 0 Å². The SMILES string of the molecule is Cc1cccc(N2CC[C@H]3CN(C)C[C@H]32)n1. The molecule has 0 bridgehead atoms. The molecule has 2 aliphatic rings. The topological polar surface area (TPSA) is 19.4 Å². The number of rotatable bonds is 1. The van der Waals surface area contributed by atoms with Crippen LogP contribution in [0.3, 0.4) is 0 Å². The Morgan fingerprint density at radius 1 is 1.31 bits per heavy atom. The first-order chi connectivity index (χ1) is 7.74. The summed E-state index contributed by atoms with van der Waals surface area (Å²) < 4.78 is 0. The predicted molar refractivity (Wildman–Crippen MR) is 65.7 cm³/mol. The summed E-state index contributed by atoms with van der Waals surface area (Å²) in [5, 5.41) is 0. The molecule has 86 valence electrons. The van der Waals surface area contributed by atoms with Crippen LogP contribution in [0.1, 0.15) is 12.1 Å². The van der Waals surface area contributed by atoms with E-state index in [1.807, 2.05) is 0 Å². The average molecular weight is 217 g/mol. The van der Waals surface area contributed by atoms with Gasteiger partial charge in [-0.05, 0) is 38.4 Å². The molecule has 2 aliphatic heterocycles. The Kier molecular flexibility index (Phi) is 2.36. The van der Waals surface area contributed by atoms with E-state index in [-0.39, 0.29) is 0 Å². The van der Waals surface area contributed by atoms with E-state index in [2.05, 4.69) is 47.0 Å². The second-order valence-electron chi connectivity index (χ2n) is 5.17. The molecule has 3 heterocycles. The molecule has 2 atom stereocenters. The van der Waals surface area contributed by atoms with Crippen LogP contribution in [0, 0.1) is 12.8 Å². The highest BCUT2D eigenvalue weighted by Crippen LogP contribution is 2.33. The molecule has 1 aromatic rings. The molecule has 2 fully saturated rings. The number of hydrogen-bond donors (Lipinski definition) is 0. The fourth-order valence-corrected chi connectivity index (χ4v) is 3.15. The van der Waals surface area contributed by atoms with Crippen LogP contribution in [0.5, 0.6) is 0 Å². The van der Waals surface area contributed by atoms with E-state index in [9.17, 15) is 0 Å². The largest absolute Gasteiger partial charge is 0.352 e. The minimum Gasteiger partial charge on any atom is -0.352 e. The number of aryl methyl sites for hydroxylation is 1. The summed E-state index contributed by atoms with van der Waals surface area (Å²) in [6.07, 6.45) is 1.32. The first kappa shape index (κ1) is 10.1.